The number of benzene rings is 3. The summed E-state index contributed by atoms with van der Waals surface area (Å²) in [5, 5.41) is 2.80. The van der Waals surface area contributed by atoms with Crippen molar-refractivity contribution in [2.24, 2.45) is 0 Å². The summed E-state index contributed by atoms with van der Waals surface area (Å²) in [6.07, 6.45) is 0.870. The number of rotatable bonds is 14. The van der Waals surface area contributed by atoms with Gasteiger partial charge in [0, 0.05) is 13.1 Å². The van der Waals surface area contributed by atoms with E-state index in [9.17, 15) is 18.0 Å². The molecule has 0 saturated heterocycles. The van der Waals surface area contributed by atoms with Crippen molar-refractivity contribution in [3.63, 3.8) is 0 Å². The maximum absolute atomic E-state index is 14.0. The topological polar surface area (TPSA) is 105 Å². The van der Waals surface area contributed by atoms with Gasteiger partial charge in [-0.05, 0) is 61.7 Å². The molecule has 1 atom stereocenters. The zero-order chi connectivity index (χ0) is 29.1. The monoisotopic (exact) mass is 567 g/mol. The molecule has 10 heteroatoms. The van der Waals surface area contributed by atoms with Crippen LogP contribution in [0.3, 0.4) is 0 Å². The van der Waals surface area contributed by atoms with E-state index in [4.69, 9.17) is 9.47 Å². The molecule has 0 heterocycles. The molecule has 0 saturated carbocycles. The molecule has 0 spiro atoms. The molecule has 0 bridgehead atoms. The van der Waals surface area contributed by atoms with Crippen molar-refractivity contribution in [3.8, 4) is 11.5 Å². The van der Waals surface area contributed by atoms with Crippen molar-refractivity contribution in [1.82, 2.24) is 10.2 Å². The first kappa shape index (κ1) is 30.5. The van der Waals surface area contributed by atoms with E-state index in [1.807, 2.05) is 44.2 Å². The Labute approximate surface area is 236 Å². The molecule has 0 radical (unpaired) electrons. The Kier molecular flexibility index (Phi) is 11.0. The summed E-state index contributed by atoms with van der Waals surface area (Å²) in [5.74, 6) is 0.00274. The maximum atomic E-state index is 14.0. The number of para-hydroxylation sites is 2. The molecule has 3 aromatic rings. The normalized spacial score (nSPS) is 11.8. The van der Waals surface area contributed by atoms with Crippen LogP contribution in [0.2, 0.25) is 0 Å². The minimum atomic E-state index is -4.22. The van der Waals surface area contributed by atoms with Crippen LogP contribution in [0.1, 0.15) is 25.8 Å². The van der Waals surface area contributed by atoms with Gasteiger partial charge < -0.3 is 19.7 Å². The molecule has 0 aliphatic rings. The van der Waals surface area contributed by atoms with E-state index in [0.717, 1.165) is 9.87 Å². The van der Waals surface area contributed by atoms with E-state index in [2.05, 4.69) is 5.32 Å². The molecule has 1 N–H and O–H groups in total. The van der Waals surface area contributed by atoms with Crippen LogP contribution in [0, 0.1) is 0 Å². The van der Waals surface area contributed by atoms with Gasteiger partial charge in [-0.2, -0.15) is 0 Å². The van der Waals surface area contributed by atoms with E-state index in [1.165, 1.54) is 31.3 Å². The fourth-order valence-electron chi connectivity index (χ4n) is 4.41. The molecule has 40 heavy (non-hydrogen) atoms. The lowest BCUT2D eigenvalue weighted by molar-refractivity contribution is -0.139. The van der Waals surface area contributed by atoms with Crippen LogP contribution >= 0.6 is 0 Å². The van der Waals surface area contributed by atoms with Crippen LogP contribution in [0.25, 0.3) is 0 Å². The van der Waals surface area contributed by atoms with Crippen LogP contribution in [0.5, 0.6) is 11.5 Å². The number of hydrogen-bond acceptors (Lipinski definition) is 6. The molecule has 0 fully saturated rings. The van der Waals surface area contributed by atoms with Crippen molar-refractivity contribution in [1.29, 1.82) is 0 Å². The Hall–Kier alpha value is -4.05. The molecule has 1 unspecified atom stereocenters. The molecule has 3 rings (SSSR count). The fourth-order valence-corrected chi connectivity index (χ4v) is 5.84. The highest BCUT2D eigenvalue weighted by Crippen LogP contribution is 2.33. The number of sulfonamides is 1. The predicted molar refractivity (Wildman–Crippen MR) is 155 cm³/mol. The standard InChI is InChI=1S/C30H37N3O6S/c1-5-26(30(35)31-6-2)32(21-20-23-12-8-7-9-13-23)29(34)22-33(27-14-10-11-15-28(27)39-4)40(36,37)25-18-16-24(38-3)17-19-25/h7-19,26H,5-6,20-22H2,1-4H3,(H,31,35). The second-order valence-electron chi connectivity index (χ2n) is 9.00. The van der Waals surface area contributed by atoms with E-state index in [1.54, 1.807) is 36.4 Å². The molecular formula is C30H37N3O6S. The molecular weight excluding hydrogens is 530 g/mol. The fraction of sp³-hybridized carbons (Fsp3) is 0.333. The van der Waals surface area contributed by atoms with E-state index in [-0.39, 0.29) is 23.0 Å². The average molecular weight is 568 g/mol. The first-order valence-corrected chi connectivity index (χ1v) is 14.6. The van der Waals surface area contributed by atoms with Gasteiger partial charge in [0.05, 0.1) is 24.8 Å². The van der Waals surface area contributed by atoms with Crippen LogP contribution in [-0.2, 0) is 26.0 Å². The largest absolute Gasteiger partial charge is 0.497 e. The Balaban J connectivity index is 2.04. The van der Waals surface area contributed by atoms with Gasteiger partial charge in [-0.1, -0.05) is 49.4 Å². The smallest absolute Gasteiger partial charge is 0.264 e. The quantitative estimate of drug-likeness (QED) is 0.317. The first-order valence-electron chi connectivity index (χ1n) is 13.2. The van der Waals surface area contributed by atoms with E-state index >= 15 is 0 Å². The second kappa shape index (κ2) is 14.4. The van der Waals surface area contributed by atoms with Crippen molar-refractivity contribution < 1.29 is 27.5 Å². The first-order chi connectivity index (χ1) is 19.3. The molecule has 2 amide bonds. The number of anilines is 1. The van der Waals surface area contributed by atoms with Gasteiger partial charge >= 0.3 is 0 Å². The Morgan fingerprint density at radius 2 is 1.52 bits per heavy atom. The van der Waals surface area contributed by atoms with Crippen molar-refractivity contribution in [2.75, 3.05) is 38.2 Å². The zero-order valence-corrected chi connectivity index (χ0v) is 24.2. The molecule has 9 nitrogen and oxygen atoms in total. The van der Waals surface area contributed by atoms with Crippen molar-refractivity contribution in [3.05, 3.63) is 84.4 Å². The third-order valence-electron chi connectivity index (χ3n) is 6.50. The molecule has 0 aromatic heterocycles. The number of amides is 2. The number of hydrogen-bond donors (Lipinski definition) is 1. The molecule has 0 aliphatic carbocycles. The van der Waals surface area contributed by atoms with Gasteiger partial charge in [0.25, 0.3) is 10.0 Å². The maximum Gasteiger partial charge on any atom is 0.264 e. The summed E-state index contributed by atoms with van der Waals surface area (Å²) < 4.78 is 39.7. The van der Waals surface area contributed by atoms with Crippen LogP contribution < -0.4 is 19.1 Å². The van der Waals surface area contributed by atoms with Crippen molar-refractivity contribution >= 4 is 27.5 Å². The molecule has 0 aliphatic heterocycles. The Morgan fingerprint density at radius 1 is 0.875 bits per heavy atom. The number of likely N-dealkylation sites (N-methyl/N-ethyl adjacent to an activating group) is 1. The zero-order valence-electron chi connectivity index (χ0n) is 23.4. The Morgan fingerprint density at radius 3 is 2.12 bits per heavy atom. The minimum absolute atomic E-state index is 0.0152. The summed E-state index contributed by atoms with van der Waals surface area (Å²) in [4.78, 5) is 28.5. The minimum Gasteiger partial charge on any atom is -0.497 e. The summed E-state index contributed by atoms with van der Waals surface area (Å²) in [6, 6.07) is 21.4. The number of nitrogens with one attached hydrogen (secondary N) is 1. The number of nitrogens with zero attached hydrogens (tertiary/aromatic N) is 2. The number of methoxy groups -OCH3 is 2. The predicted octanol–water partition coefficient (Wildman–Crippen LogP) is 3.89. The summed E-state index contributed by atoms with van der Waals surface area (Å²) >= 11 is 0. The summed E-state index contributed by atoms with van der Waals surface area (Å²) in [5.41, 5.74) is 1.21. The average Bonchev–Trinajstić information content (AvgIpc) is 2.98. The highest BCUT2D eigenvalue weighted by atomic mass is 32.2. The lowest BCUT2D eigenvalue weighted by Crippen LogP contribution is -2.53. The van der Waals surface area contributed by atoms with Crippen LogP contribution in [0.15, 0.2) is 83.8 Å². The second-order valence-corrected chi connectivity index (χ2v) is 10.9. The van der Waals surface area contributed by atoms with Crippen LogP contribution in [-0.4, -0.2) is 65.0 Å². The van der Waals surface area contributed by atoms with Gasteiger partial charge in [0.1, 0.15) is 24.1 Å². The van der Waals surface area contributed by atoms with Gasteiger partial charge in [0.2, 0.25) is 11.8 Å². The lowest BCUT2D eigenvalue weighted by Gasteiger charge is -2.33. The highest BCUT2D eigenvalue weighted by molar-refractivity contribution is 7.92. The van der Waals surface area contributed by atoms with E-state index in [0.29, 0.717) is 30.9 Å². The highest BCUT2D eigenvalue weighted by Gasteiger charge is 2.34. The van der Waals surface area contributed by atoms with E-state index < -0.39 is 28.5 Å². The SMILES string of the molecule is CCNC(=O)C(CC)N(CCc1ccccc1)C(=O)CN(c1ccccc1OC)S(=O)(=O)c1ccc(OC)cc1. The van der Waals surface area contributed by atoms with Crippen molar-refractivity contribution in [2.45, 2.75) is 37.6 Å². The van der Waals surface area contributed by atoms with Gasteiger partial charge in [-0.3, -0.25) is 13.9 Å². The molecule has 3 aromatic carbocycles. The molecule has 214 valence electrons. The van der Waals surface area contributed by atoms with Crippen LogP contribution in [0.4, 0.5) is 5.69 Å². The number of ether oxygens (including phenoxy) is 2. The van der Waals surface area contributed by atoms with Gasteiger partial charge in [-0.15, -0.1) is 0 Å². The number of carbonyl (C=O) groups excluding carboxylic acids is 2. The summed E-state index contributed by atoms with van der Waals surface area (Å²) in [6.45, 7) is 3.76. The third kappa shape index (κ3) is 7.32. The third-order valence-corrected chi connectivity index (χ3v) is 8.28. The number of carbonyl (C=O) groups is 2. The van der Waals surface area contributed by atoms with Gasteiger partial charge in [-0.25, -0.2) is 8.42 Å². The Bertz CT molecular complexity index is 1360. The van der Waals surface area contributed by atoms with Gasteiger partial charge in [0.15, 0.2) is 0 Å². The lowest BCUT2D eigenvalue weighted by atomic mass is 10.1. The summed E-state index contributed by atoms with van der Waals surface area (Å²) in [7, 11) is -1.29.